The molecule has 2 heterocycles. The van der Waals surface area contributed by atoms with E-state index >= 15 is 0 Å². The average Bonchev–Trinajstić information content (AvgIpc) is 2.94. The van der Waals surface area contributed by atoms with E-state index in [1.54, 1.807) is 36.5 Å². The van der Waals surface area contributed by atoms with Crippen molar-refractivity contribution in [1.82, 2.24) is 15.0 Å². The molecule has 0 atom stereocenters. The fourth-order valence-corrected chi connectivity index (χ4v) is 2.79. The van der Waals surface area contributed by atoms with Crippen molar-refractivity contribution in [1.29, 1.82) is 0 Å². The van der Waals surface area contributed by atoms with Crippen molar-refractivity contribution in [3.63, 3.8) is 0 Å². The highest BCUT2D eigenvalue weighted by molar-refractivity contribution is 6.01. The molecule has 0 aliphatic heterocycles. The number of benzene rings is 2. The van der Waals surface area contributed by atoms with Crippen LogP contribution in [0.15, 0.2) is 53.5 Å². The molecule has 7 heteroatoms. The predicted molar refractivity (Wildman–Crippen MR) is 93.0 cm³/mol. The highest BCUT2D eigenvalue weighted by Crippen LogP contribution is 2.22. The number of anilines is 1. The lowest BCUT2D eigenvalue weighted by Gasteiger charge is -2.08. The molecule has 4 rings (SSSR count). The van der Waals surface area contributed by atoms with Crippen LogP contribution in [0.1, 0.15) is 5.56 Å². The van der Waals surface area contributed by atoms with E-state index in [-0.39, 0.29) is 18.0 Å². The Hall–Kier alpha value is -3.48. The summed E-state index contributed by atoms with van der Waals surface area (Å²) in [5, 5.41) is 4.05. The number of imidazole rings is 1. The van der Waals surface area contributed by atoms with Crippen LogP contribution >= 0.6 is 0 Å². The van der Waals surface area contributed by atoms with Gasteiger partial charge in [0.15, 0.2) is 0 Å². The van der Waals surface area contributed by atoms with Crippen molar-refractivity contribution in [2.75, 3.05) is 5.32 Å². The monoisotopic (exact) mass is 336 g/mol. The van der Waals surface area contributed by atoms with E-state index in [1.807, 2.05) is 0 Å². The SMILES string of the molecule is O=C(Cc1ccc2[nH]c(=O)[nH]c2c1)Nc1nccc2ccc(F)cc12. The number of nitrogens with zero attached hydrogens (tertiary/aromatic N) is 1. The number of hydrogen-bond acceptors (Lipinski definition) is 3. The lowest BCUT2D eigenvalue weighted by molar-refractivity contribution is -0.115. The lowest BCUT2D eigenvalue weighted by atomic mass is 10.1. The van der Waals surface area contributed by atoms with Crippen molar-refractivity contribution in [3.05, 3.63) is 70.5 Å². The summed E-state index contributed by atoms with van der Waals surface area (Å²) in [6.45, 7) is 0. The van der Waals surface area contributed by atoms with Gasteiger partial charge in [0, 0.05) is 11.6 Å². The summed E-state index contributed by atoms with van der Waals surface area (Å²) < 4.78 is 13.5. The van der Waals surface area contributed by atoms with Gasteiger partial charge in [-0.2, -0.15) is 0 Å². The maximum Gasteiger partial charge on any atom is 0.323 e. The molecule has 1 amide bonds. The first-order chi connectivity index (χ1) is 12.1. The number of rotatable bonds is 3. The molecule has 2 aromatic heterocycles. The molecule has 4 aromatic rings. The molecule has 6 nitrogen and oxygen atoms in total. The summed E-state index contributed by atoms with van der Waals surface area (Å²) in [5.41, 5.74) is 1.77. The normalized spacial score (nSPS) is 11.1. The number of fused-ring (bicyclic) bond motifs is 2. The van der Waals surface area contributed by atoms with Crippen molar-refractivity contribution in [2.24, 2.45) is 0 Å². The molecule has 0 unspecified atom stereocenters. The Morgan fingerprint density at radius 1 is 1.08 bits per heavy atom. The molecule has 0 saturated carbocycles. The van der Waals surface area contributed by atoms with E-state index in [1.165, 1.54) is 12.1 Å². The number of amides is 1. The molecule has 0 radical (unpaired) electrons. The van der Waals surface area contributed by atoms with E-state index in [0.717, 1.165) is 10.9 Å². The van der Waals surface area contributed by atoms with Gasteiger partial charge in [0.1, 0.15) is 11.6 Å². The van der Waals surface area contributed by atoms with Gasteiger partial charge >= 0.3 is 5.69 Å². The number of carbonyl (C=O) groups is 1. The first-order valence-corrected chi connectivity index (χ1v) is 7.63. The largest absolute Gasteiger partial charge is 0.323 e. The summed E-state index contributed by atoms with van der Waals surface area (Å²) in [4.78, 5) is 33.0. The van der Waals surface area contributed by atoms with Gasteiger partial charge in [-0.05, 0) is 41.3 Å². The molecule has 3 N–H and O–H groups in total. The molecule has 0 fully saturated rings. The Labute approximate surface area is 140 Å². The number of hydrogen-bond donors (Lipinski definition) is 3. The molecule has 25 heavy (non-hydrogen) atoms. The summed E-state index contributed by atoms with van der Waals surface area (Å²) in [6.07, 6.45) is 1.67. The van der Waals surface area contributed by atoms with E-state index in [4.69, 9.17) is 0 Å². The van der Waals surface area contributed by atoms with Crippen LogP contribution < -0.4 is 11.0 Å². The predicted octanol–water partition coefficient (Wildman–Crippen LogP) is 2.72. The highest BCUT2D eigenvalue weighted by Gasteiger charge is 2.10. The number of aromatic nitrogens is 3. The van der Waals surface area contributed by atoms with Crippen LogP contribution in [0.25, 0.3) is 21.8 Å². The second-order valence-electron chi connectivity index (χ2n) is 5.71. The molecule has 2 aromatic carbocycles. The Bertz CT molecular complexity index is 1160. The quantitative estimate of drug-likeness (QED) is 0.537. The van der Waals surface area contributed by atoms with Gasteiger partial charge in [-0.15, -0.1) is 0 Å². The molecular weight excluding hydrogens is 323 g/mol. The molecule has 124 valence electrons. The fourth-order valence-electron chi connectivity index (χ4n) is 2.79. The second-order valence-corrected chi connectivity index (χ2v) is 5.71. The minimum Gasteiger partial charge on any atom is -0.310 e. The van der Waals surface area contributed by atoms with Gasteiger partial charge in [-0.1, -0.05) is 12.1 Å². The maximum absolute atomic E-state index is 13.5. The molecule has 0 spiro atoms. The standard InChI is InChI=1S/C18H13FN4O2/c19-12-3-2-11-5-6-20-17(13(11)9-12)23-16(24)8-10-1-4-14-15(7-10)22-18(25)21-14/h1-7,9H,8H2,(H,20,23,24)(H2,21,22,25). The zero-order valence-electron chi connectivity index (χ0n) is 13.0. The summed E-state index contributed by atoms with van der Waals surface area (Å²) >= 11 is 0. The number of carbonyl (C=O) groups excluding carboxylic acids is 1. The van der Waals surface area contributed by atoms with Gasteiger partial charge in [0.25, 0.3) is 0 Å². The minimum atomic E-state index is -0.391. The van der Waals surface area contributed by atoms with Crippen LogP contribution in [-0.4, -0.2) is 20.9 Å². The Morgan fingerprint density at radius 2 is 1.92 bits per heavy atom. The third kappa shape index (κ3) is 2.99. The van der Waals surface area contributed by atoms with Crippen molar-refractivity contribution >= 4 is 33.5 Å². The lowest BCUT2D eigenvalue weighted by Crippen LogP contribution is -2.15. The van der Waals surface area contributed by atoms with Gasteiger partial charge in [-0.3, -0.25) is 4.79 Å². The van der Waals surface area contributed by atoms with Crippen LogP contribution in [0.4, 0.5) is 10.2 Å². The van der Waals surface area contributed by atoms with Crippen molar-refractivity contribution in [2.45, 2.75) is 6.42 Å². The van der Waals surface area contributed by atoms with Crippen LogP contribution in [-0.2, 0) is 11.2 Å². The number of aromatic amines is 2. The van der Waals surface area contributed by atoms with E-state index in [0.29, 0.717) is 22.2 Å². The number of nitrogens with one attached hydrogen (secondary N) is 3. The summed E-state index contributed by atoms with van der Waals surface area (Å²) in [7, 11) is 0. The van der Waals surface area contributed by atoms with Crippen LogP contribution in [0.3, 0.4) is 0 Å². The fraction of sp³-hybridized carbons (Fsp3) is 0.0556. The van der Waals surface area contributed by atoms with Gasteiger partial charge in [0.2, 0.25) is 5.91 Å². The smallest absolute Gasteiger partial charge is 0.310 e. The zero-order chi connectivity index (χ0) is 17.4. The maximum atomic E-state index is 13.5. The van der Waals surface area contributed by atoms with Crippen molar-refractivity contribution < 1.29 is 9.18 Å². The Balaban J connectivity index is 1.59. The molecule has 0 aliphatic rings. The Morgan fingerprint density at radius 3 is 2.80 bits per heavy atom. The first kappa shape index (κ1) is 15.1. The number of H-pyrrole nitrogens is 2. The highest BCUT2D eigenvalue weighted by atomic mass is 19.1. The number of pyridine rings is 1. The second kappa shape index (κ2) is 5.86. The molecule has 0 bridgehead atoms. The molecular formula is C18H13FN4O2. The molecule has 0 saturated heterocycles. The third-order valence-electron chi connectivity index (χ3n) is 3.93. The van der Waals surface area contributed by atoms with Crippen LogP contribution in [0.5, 0.6) is 0 Å². The number of halogens is 1. The van der Waals surface area contributed by atoms with Gasteiger partial charge < -0.3 is 15.3 Å². The van der Waals surface area contributed by atoms with Gasteiger partial charge in [-0.25, -0.2) is 14.2 Å². The third-order valence-corrected chi connectivity index (χ3v) is 3.93. The summed E-state index contributed by atoms with van der Waals surface area (Å²) in [5.74, 6) is -0.350. The average molecular weight is 336 g/mol. The first-order valence-electron chi connectivity index (χ1n) is 7.63. The van der Waals surface area contributed by atoms with E-state index < -0.39 is 5.82 Å². The van der Waals surface area contributed by atoms with E-state index in [9.17, 15) is 14.0 Å². The Kier molecular flexibility index (Phi) is 3.53. The summed E-state index contributed by atoms with van der Waals surface area (Å²) in [6, 6.07) is 11.3. The zero-order valence-corrected chi connectivity index (χ0v) is 13.0. The van der Waals surface area contributed by atoms with Crippen molar-refractivity contribution in [3.8, 4) is 0 Å². The minimum absolute atomic E-state index is 0.108. The van der Waals surface area contributed by atoms with E-state index in [2.05, 4.69) is 20.3 Å². The van der Waals surface area contributed by atoms with Crippen LogP contribution in [0, 0.1) is 5.82 Å². The molecule has 0 aliphatic carbocycles. The van der Waals surface area contributed by atoms with Crippen LogP contribution in [0.2, 0.25) is 0 Å². The van der Waals surface area contributed by atoms with Gasteiger partial charge in [0.05, 0.1) is 17.5 Å². The topological polar surface area (TPSA) is 90.6 Å².